The Balaban J connectivity index is 2.86. The van der Waals surface area contributed by atoms with Crippen LogP contribution in [0.25, 0.3) is 0 Å². The second-order valence-corrected chi connectivity index (χ2v) is 3.72. The van der Waals surface area contributed by atoms with Crippen LogP contribution in [0.15, 0.2) is 6.20 Å². The van der Waals surface area contributed by atoms with Crippen LogP contribution in [-0.4, -0.2) is 22.9 Å². The molecule has 15 heavy (non-hydrogen) atoms. The summed E-state index contributed by atoms with van der Waals surface area (Å²) in [5.74, 6) is 1.49. The Hall–Kier alpha value is -1.45. The van der Waals surface area contributed by atoms with E-state index in [4.69, 9.17) is 4.74 Å². The molecule has 0 amide bonds. The van der Waals surface area contributed by atoms with Crippen molar-refractivity contribution in [3.8, 4) is 5.88 Å². The van der Waals surface area contributed by atoms with Crippen LogP contribution in [0.1, 0.15) is 37.0 Å². The predicted octanol–water partition coefficient (Wildman–Crippen LogP) is 1.89. The van der Waals surface area contributed by atoms with Gasteiger partial charge in [-0.25, -0.2) is 4.98 Å². The van der Waals surface area contributed by atoms with Gasteiger partial charge in [0, 0.05) is 12.6 Å². The van der Waals surface area contributed by atoms with Crippen LogP contribution in [-0.2, 0) is 6.42 Å². The van der Waals surface area contributed by atoms with Crippen LogP contribution in [0.3, 0.4) is 0 Å². The lowest BCUT2D eigenvalue weighted by molar-refractivity contribution is 0.111. The van der Waals surface area contributed by atoms with E-state index in [1.807, 2.05) is 20.8 Å². The second kappa shape index (κ2) is 5.44. The maximum absolute atomic E-state index is 10.7. The summed E-state index contributed by atoms with van der Waals surface area (Å²) in [7, 11) is 0. The Bertz CT molecular complexity index is 337. The Morgan fingerprint density at radius 2 is 2.27 bits per heavy atom. The second-order valence-electron chi connectivity index (χ2n) is 3.72. The van der Waals surface area contributed by atoms with Crippen LogP contribution in [0.4, 0.5) is 0 Å². The van der Waals surface area contributed by atoms with Gasteiger partial charge in [-0.3, -0.25) is 4.79 Å². The highest BCUT2D eigenvalue weighted by Gasteiger charge is 2.07. The van der Waals surface area contributed by atoms with E-state index in [0.717, 1.165) is 12.7 Å². The molecule has 0 fully saturated rings. The molecule has 0 spiro atoms. The van der Waals surface area contributed by atoms with Gasteiger partial charge in [0.2, 0.25) is 5.88 Å². The third-order valence-electron chi connectivity index (χ3n) is 1.83. The van der Waals surface area contributed by atoms with Crippen molar-refractivity contribution in [2.75, 3.05) is 6.61 Å². The zero-order valence-electron chi connectivity index (χ0n) is 9.36. The first kappa shape index (κ1) is 11.6. The molecule has 4 nitrogen and oxygen atoms in total. The minimum Gasteiger partial charge on any atom is -0.477 e. The maximum atomic E-state index is 10.7. The lowest BCUT2D eigenvalue weighted by atomic mass is 10.2. The van der Waals surface area contributed by atoms with Crippen molar-refractivity contribution in [1.82, 2.24) is 9.97 Å². The van der Waals surface area contributed by atoms with Gasteiger partial charge in [0.15, 0.2) is 6.29 Å². The van der Waals surface area contributed by atoms with E-state index in [1.54, 1.807) is 0 Å². The number of nitrogens with zero attached hydrogens (tertiary/aromatic N) is 2. The van der Waals surface area contributed by atoms with E-state index in [-0.39, 0.29) is 0 Å². The number of hydrogen-bond acceptors (Lipinski definition) is 4. The molecule has 0 radical (unpaired) electrons. The molecule has 0 bridgehead atoms. The molecule has 0 aliphatic heterocycles. The van der Waals surface area contributed by atoms with Gasteiger partial charge in [-0.2, -0.15) is 4.98 Å². The first-order chi connectivity index (χ1) is 7.17. The molecule has 82 valence electrons. The first-order valence-corrected chi connectivity index (χ1v) is 5.11. The summed E-state index contributed by atoms with van der Waals surface area (Å²) in [5, 5.41) is 0. The van der Waals surface area contributed by atoms with Gasteiger partial charge in [0.05, 0.1) is 12.2 Å². The Kier molecular flexibility index (Phi) is 4.21. The van der Waals surface area contributed by atoms with E-state index in [9.17, 15) is 4.79 Å². The van der Waals surface area contributed by atoms with Crippen LogP contribution < -0.4 is 4.74 Å². The van der Waals surface area contributed by atoms with Crippen molar-refractivity contribution < 1.29 is 9.53 Å². The predicted molar refractivity (Wildman–Crippen MR) is 57.1 cm³/mol. The molecular formula is C11H16N2O2. The molecule has 1 aromatic heterocycles. The highest BCUT2D eigenvalue weighted by Crippen LogP contribution is 2.13. The van der Waals surface area contributed by atoms with Crippen LogP contribution in [0, 0.1) is 5.92 Å². The van der Waals surface area contributed by atoms with Gasteiger partial charge in [-0.05, 0) is 5.92 Å². The fourth-order valence-electron chi connectivity index (χ4n) is 1.02. The smallest absolute Gasteiger partial charge is 0.227 e. The number of carbonyl (C=O) groups excluding carboxylic acids is 1. The van der Waals surface area contributed by atoms with Crippen molar-refractivity contribution in [2.45, 2.75) is 27.2 Å². The van der Waals surface area contributed by atoms with Crippen molar-refractivity contribution in [3.63, 3.8) is 0 Å². The zero-order valence-corrected chi connectivity index (χ0v) is 9.36. The number of aldehydes is 1. The summed E-state index contributed by atoms with van der Waals surface area (Å²) >= 11 is 0. The third kappa shape index (κ3) is 3.31. The topological polar surface area (TPSA) is 52.1 Å². The molecule has 1 heterocycles. The molecule has 0 aliphatic carbocycles. The molecule has 0 N–H and O–H groups in total. The standard InChI is InChI=1S/C11H16N2O2/c1-4-10-12-5-9(6-14)11(13-10)15-7-8(2)3/h5-6,8H,4,7H2,1-3H3. The van der Waals surface area contributed by atoms with Crippen molar-refractivity contribution in [3.05, 3.63) is 17.6 Å². The SMILES string of the molecule is CCc1ncc(C=O)c(OCC(C)C)n1. The number of carbonyl (C=O) groups is 1. The van der Waals surface area contributed by atoms with E-state index < -0.39 is 0 Å². The van der Waals surface area contributed by atoms with Gasteiger partial charge < -0.3 is 4.74 Å². The number of aryl methyl sites for hydroxylation is 1. The monoisotopic (exact) mass is 208 g/mol. The first-order valence-electron chi connectivity index (χ1n) is 5.11. The van der Waals surface area contributed by atoms with Crippen molar-refractivity contribution >= 4 is 6.29 Å². The van der Waals surface area contributed by atoms with E-state index >= 15 is 0 Å². The van der Waals surface area contributed by atoms with E-state index in [1.165, 1.54) is 6.20 Å². The molecule has 1 aromatic rings. The number of rotatable bonds is 5. The lowest BCUT2D eigenvalue weighted by Gasteiger charge is -2.09. The quantitative estimate of drug-likeness (QED) is 0.693. The molecule has 1 rings (SSSR count). The van der Waals surface area contributed by atoms with Crippen LogP contribution in [0.2, 0.25) is 0 Å². The summed E-state index contributed by atoms with van der Waals surface area (Å²) in [6.07, 6.45) is 2.96. The highest BCUT2D eigenvalue weighted by atomic mass is 16.5. The number of ether oxygens (including phenoxy) is 1. The van der Waals surface area contributed by atoms with Gasteiger partial charge in [-0.1, -0.05) is 20.8 Å². The van der Waals surface area contributed by atoms with E-state index in [2.05, 4.69) is 9.97 Å². The molecule has 4 heteroatoms. The average Bonchev–Trinajstić information content (AvgIpc) is 2.25. The van der Waals surface area contributed by atoms with Gasteiger partial charge >= 0.3 is 0 Å². The largest absolute Gasteiger partial charge is 0.477 e. The average molecular weight is 208 g/mol. The summed E-state index contributed by atoms with van der Waals surface area (Å²) in [5.41, 5.74) is 0.410. The fourth-order valence-corrected chi connectivity index (χ4v) is 1.02. The Morgan fingerprint density at radius 3 is 2.80 bits per heavy atom. The summed E-state index contributed by atoms with van der Waals surface area (Å²) in [6, 6.07) is 0. The molecule has 0 unspecified atom stereocenters. The molecule has 0 saturated heterocycles. The number of aromatic nitrogens is 2. The Labute approximate surface area is 89.7 Å². The molecular weight excluding hydrogens is 192 g/mol. The maximum Gasteiger partial charge on any atom is 0.227 e. The minimum atomic E-state index is 0.394. The zero-order chi connectivity index (χ0) is 11.3. The van der Waals surface area contributed by atoms with E-state index in [0.29, 0.717) is 29.8 Å². The Morgan fingerprint density at radius 1 is 1.53 bits per heavy atom. The van der Waals surface area contributed by atoms with Crippen molar-refractivity contribution in [1.29, 1.82) is 0 Å². The fraction of sp³-hybridized carbons (Fsp3) is 0.545. The number of hydrogen-bond donors (Lipinski definition) is 0. The molecule has 0 aliphatic rings. The van der Waals surface area contributed by atoms with Crippen molar-refractivity contribution in [2.24, 2.45) is 5.92 Å². The normalized spacial score (nSPS) is 10.4. The molecule has 0 atom stereocenters. The lowest BCUT2D eigenvalue weighted by Crippen LogP contribution is -2.09. The summed E-state index contributed by atoms with van der Waals surface area (Å²) in [6.45, 7) is 6.61. The van der Waals surface area contributed by atoms with Crippen LogP contribution >= 0.6 is 0 Å². The minimum absolute atomic E-state index is 0.394. The summed E-state index contributed by atoms with van der Waals surface area (Å²) < 4.78 is 5.45. The summed E-state index contributed by atoms with van der Waals surface area (Å²) in [4.78, 5) is 18.9. The highest BCUT2D eigenvalue weighted by molar-refractivity contribution is 5.77. The van der Waals surface area contributed by atoms with Gasteiger partial charge in [0.25, 0.3) is 0 Å². The molecule has 0 aromatic carbocycles. The third-order valence-corrected chi connectivity index (χ3v) is 1.83. The van der Waals surface area contributed by atoms with Gasteiger partial charge in [-0.15, -0.1) is 0 Å². The van der Waals surface area contributed by atoms with Gasteiger partial charge in [0.1, 0.15) is 5.82 Å². The molecule has 0 saturated carbocycles. The van der Waals surface area contributed by atoms with Crippen LogP contribution in [0.5, 0.6) is 5.88 Å².